The molecule has 1 aliphatic heterocycles. The number of carboxylic acid groups (broad SMARTS) is 1. The molecule has 6 heteroatoms. The molecule has 1 amide bonds. The van der Waals surface area contributed by atoms with Crippen LogP contribution in [-0.4, -0.2) is 29.3 Å². The second-order valence-electron chi connectivity index (χ2n) is 6.15. The molecule has 6 nitrogen and oxygen atoms in total. The van der Waals surface area contributed by atoms with Gasteiger partial charge in [0.1, 0.15) is 11.9 Å². The second kappa shape index (κ2) is 11.6. The summed E-state index contributed by atoms with van der Waals surface area (Å²) < 4.78 is 5.77. The summed E-state index contributed by atoms with van der Waals surface area (Å²) in [5.41, 5.74) is 1.23. The highest BCUT2D eigenvalue weighted by molar-refractivity contribution is 5.90. The lowest BCUT2D eigenvalue weighted by molar-refractivity contribution is -0.132. The first-order chi connectivity index (χ1) is 12.8. The fraction of sp³-hybridized carbons (Fsp3) is 0.333. The van der Waals surface area contributed by atoms with Crippen LogP contribution < -0.4 is 10.6 Å². The standard InChI is InChI=1S/C21H28N2O4/c1-5-7-8-16(6-2)13-18(27-15(3)4)10-12-20(24)23-19-11-9-17(14-22-19)21(25)26/h5-6,9-15,19,22H,1,7-8H2,2-4H3,(H,23,24)(H,25,26)/b12-10+,16-6-,18-13+. The molecule has 1 heterocycles. The third-order valence-corrected chi connectivity index (χ3v) is 3.54. The fourth-order valence-electron chi connectivity index (χ4n) is 2.21. The number of dihydropyridines is 1. The largest absolute Gasteiger partial charge is 0.491 e. The molecule has 0 fully saturated rings. The lowest BCUT2D eigenvalue weighted by Gasteiger charge is -2.18. The van der Waals surface area contributed by atoms with E-state index in [0.29, 0.717) is 5.76 Å². The van der Waals surface area contributed by atoms with Crippen LogP contribution in [0.4, 0.5) is 0 Å². The number of rotatable bonds is 10. The fourth-order valence-corrected chi connectivity index (χ4v) is 2.21. The number of carbonyl (C=O) groups is 2. The summed E-state index contributed by atoms with van der Waals surface area (Å²) in [6, 6.07) is 0. The lowest BCUT2D eigenvalue weighted by atomic mass is 10.1. The van der Waals surface area contributed by atoms with Crippen molar-refractivity contribution in [2.45, 2.75) is 45.9 Å². The molecule has 0 aliphatic carbocycles. The van der Waals surface area contributed by atoms with Gasteiger partial charge in [-0.1, -0.05) is 12.2 Å². The maximum Gasteiger partial charge on any atom is 0.337 e. The monoisotopic (exact) mass is 372 g/mol. The topological polar surface area (TPSA) is 87.7 Å². The van der Waals surface area contributed by atoms with Crippen molar-refractivity contribution >= 4 is 11.9 Å². The van der Waals surface area contributed by atoms with Gasteiger partial charge in [0.25, 0.3) is 0 Å². The highest BCUT2D eigenvalue weighted by atomic mass is 16.5. The molecule has 0 spiro atoms. The van der Waals surface area contributed by atoms with Crippen molar-refractivity contribution in [3.8, 4) is 0 Å². The maximum atomic E-state index is 12.1. The quantitative estimate of drug-likeness (QED) is 0.237. The van der Waals surface area contributed by atoms with Gasteiger partial charge in [0.15, 0.2) is 0 Å². The molecule has 0 aromatic rings. The molecule has 0 saturated heterocycles. The smallest absolute Gasteiger partial charge is 0.337 e. The van der Waals surface area contributed by atoms with E-state index < -0.39 is 12.1 Å². The molecule has 1 aliphatic rings. The predicted molar refractivity (Wildman–Crippen MR) is 107 cm³/mol. The van der Waals surface area contributed by atoms with E-state index in [1.165, 1.54) is 18.4 Å². The number of carbonyl (C=O) groups excluding carboxylic acids is 1. The Morgan fingerprint density at radius 3 is 2.67 bits per heavy atom. The Bertz CT molecular complexity index is 697. The van der Waals surface area contributed by atoms with Gasteiger partial charge in [-0.2, -0.15) is 0 Å². The van der Waals surface area contributed by atoms with E-state index in [2.05, 4.69) is 17.2 Å². The van der Waals surface area contributed by atoms with Crippen LogP contribution in [0.1, 0.15) is 33.6 Å². The summed E-state index contributed by atoms with van der Waals surface area (Å²) in [5, 5.41) is 14.4. The normalized spacial score (nSPS) is 17.5. The van der Waals surface area contributed by atoms with Crippen molar-refractivity contribution in [2.24, 2.45) is 0 Å². The first-order valence-corrected chi connectivity index (χ1v) is 8.86. The molecule has 1 unspecified atom stereocenters. The minimum Gasteiger partial charge on any atom is -0.491 e. The van der Waals surface area contributed by atoms with Gasteiger partial charge < -0.3 is 20.5 Å². The summed E-state index contributed by atoms with van der Waals surface area (Å²) in [6.45, 7) is 9.53. The molecule has 1 rings (SSSR count). The number of ether oxygens (including phenoxy) is 1. The van der Waals surface area contributed by atoms with Gasteiger partial charge in [0.05, 0.1) is 11.7 Å². The van der Waals surface area contributed by atoms with E-state index in [4.69, 9.17) is 9.84 Å². The Kier molecular flexibility index (Phi) is 9.43. The Morgan fingerprint density at radius 2 is 2.15 bits per heavy atom. The molecular weight excluding hydrogens is 344 g/mol. The summed E-state index contributed by atoms with van der Waals surface area (Å²) in [4.78, 5) is 23.0. The number of hydrogen-bond donors (Lipinski definition) is 3. The minimum absolute atomic E-state index is 0.0241. The summed E-state index contributed by atoms with van der Waals surface area (Å²) >= 11 is 0. The van der Waals surface area contributed by atoms with Gasteiger partial charge in [0, 0.05) is 12.3 Å². The Hall–Kier alpha value is -3.02. The van der Waals surface area contributed by atoms with Gasteiger partial charge in [0.2, 0.25) is 5.91 Å². The maximum absolute atomic E-state index is 12.1. The van der Waals surface area contributed by atoms with Crippen LogP contribution in [0.25, 0.3) is 0 Å². The number of allylic oxidation sites excluding steroid dienone is 5. The molecule has 3 N–H and O–H groups in total. The van der Waals surface area contributed by atoms with Crippen LogP contribution in [0, 0.1) is 0 Å². The first kappa shape index (κ1) is 22.0. The van der Waals surface area contributed by atoms with Crippen LogP contribution in [0.2, 0.25) is 0 Å². The molecule has 0 aromatic heterocycles. The van der Waals surface area contributed by atoms with E-state index in [0.717, 1.165) is 18.4 Å². The minimum atomic E-state index is -1.03. The van der Waals surface area contributed by atoms with Crippen molar-refractivity contribution in [3.05, 3.63) is 72.2 Å². The number of aliphatic carboxylic acids is 1. The molecular formula is C21H28N2O4. The van der Waals surface area contributed by atoms with Crippen LogP contribution in [0.15, 0.2) is 72.2 Å². The van der Waals surface area contributed by atoms with Crippen LogP contribution in [-0.2, 0) is 14.3 Å². The Labute approximate surface area is 160 Å². The number of carboxylic acids is 1. The average molecular weight is 372 g/mol. The van der Waals surface area contributed by atoms with Crippen molar-refractivity contribution in [3.63, 3.8) is 0 Å². The van der Waals surface area contributed by atoms with Gasteiger partial charge in [-0.15, -0.1) is 6.58 Å². The number of amides is 1. The average Bonchev–Trinajstić information content (AvgIpc) is 2.63. The molecule has 27 heavy (non-hydrogen) atoms. The molecule has 0 saturated carbocycles. The van der Waals surface area contributed by atoms with Crippen LogP contribution >= 0.6 is 0 Å². The van der Waals surface area contributed by atoms with Crippen LogP contribution in [0.3, 0.4) is 0 Å². The lowest BCUT2D eigenvalue weighted by Crippen LogP contribution is -2.42. The predicted octanol–water partition coefficient (Wildman–Crippen LogP) is 3.33. The van der Waals surface area contributed by atoms with Crippen molar-refractivity contribution in [1.82, 2.24) is 10.6 Å². The third kappa shape index (κ3) is 8.76. The third-order valence-electron chi connectivity index (χ3n) is 3.54. The van der Waals surface area contributed by atoms with Gasteiger partial charge >= 0.3 is 5.97 Å². The molecule has 0 bridgehead atoms. The summed E-state index contributed by atoms with van der Waals surface area (Å²) in [7, 11) is 0. The zero-order valence-corrected chi connectivity index (χ0v) is 16.1. The zero-order chi connectivity index (χ0) is 20.2. The van der Waals surface area contributed by atoms with Gasteiger partial charge in [-0.25, -0.2) is 4.79 Å². The molecule has 146 valence electrons. The highest BCUT2D eigenvalue weighted by Gasteiger charge is 2.12. The second-order valence-corrected chi connectivity index (χ2v) is 6.15. The Balaban J connectivity index is 2.73. The molecule has 0 aromatic carbocycles. The van der Waals surface area contributed by atoms with E-state index in [1.54, 1.807) is 12.2 Å². The van der Waals surface area contributed by atoms with Crippen molar-refractivity contribution in [1.29, 1.82) is 0 Å². The van der Waals surface area contributed by atoms with E-state index in [1.807, 2.05) is 39.0 Å². The summed E-state index contributed by atoms with van der Waals surface area (Å²) in [5.74, 6) is -0.756. The Morgan fingerprint density at radius 1 is 1.41 bits per heavy atom. The SMILES string of the molecule is C=CCCC(=C/C)/C=C(\C=C\C(=O)NC1C=CC(C(=O)O)=CN1)OC(C)C. The highest BCUT2D eigenvalue weighted by Crippen LogP contribution is 2.14. The van der Waals surface area contributed by atoms with Crippen LogP contribution in [0.5, 0.6) is 0 Å². The van der Waals surface area contributed by atoms with E-state index in [-0.39, 0.29) is 17.6 Å². The first-order valence-electron chi connectivity index (χ1n) is 8.86. The molecule has 0 radical (unpaired) electrons. The molecule has 1 atom stereocenters. The van der Waals surface area contributed by atoms with E-state index in [9.17, 15) is 9.59 Å². The number of nitrogens with one attached hydrogen (secondary N) is 2. The van der Waals surface area contributed by atoms with E-state index >= 15 is 0 Å². The number of hydrogen-bond acceptors (Lipinski definition) is 4. The van der Waals surface area contributed by atoms with Crippen molar-refractivity contribution in [2.75, 3.05) is 0 Å². The van der Waals surface area contributed by atoms with Crippen molar-refractivity contribution < 1.29 is 19.4 Å². The van der Waals surface area contributed by atoms with Gasteiger partial charge in [-0.3, -0.25) is 4.79 Å². The van der Waals surface area contributed by atoms with Gasteiger partial charge in [-0.05, 0) is 63.5 Å². The summed E-state index contributed by atoms with van der Waals surface area (Å²) in [6.07, 6.45) is 14.4. The zero-order valence-electron chi connectivity index (χ0n) is 16.1.